The number of halogens is 1. The Morgan fingerprint density at radius 3 is 2.50 bits per heavy atom. The summed E-state index contributed by atoms with van der Waals surface area (Å²) >= 11 is 5.82. The Morgan fingerprint density at radius 2 is 1.94 bits per heavy atom. The van der Waals surface area contributed by atoms with Crippen LogP contribution in [-0.4, -0.2) is 61.8 Å². The van der Waals surface area contributed by atoms with Crippen molar-refractivity contribution in [1.82, 2.24) is 9.80 Å². The minimum atomic E-state index is 0.481. The highest BCUT2D eigenvalue weighted by Crippen LogP contribution is 2.14. The molecule has 0 amide bonds. The van der Waals surface area contributed by atoms with Gasteiger partial charge in [0.25, 0.3) is 0 Å². The summed E-state index contributed by atoms with van der Waals surface area (Å²) in [5.74, 6) is 0. The Morgan fingerprint density at radius 1 is 1.25 bits per heavy atom. The van der Waals surface area contributed by atoms with Crippen molar-refractivity contribution in [2.45, 2.75) is 18.9 Å². The molecule has 4 heteroatoms. The molecule has 0 aliphatic carbocycles. The van der Waals surface area contributed by atoms with Crippen molar-refractivity contribution in [3.05, 3.63) is 11.6 Å². The molecule has 16 heavy (non-hydrogen) atoms. The van der Waals surface area contributed by atoms with E-state index in [0.29, 0.717) is 6.10 Å². The van der Waals surface area contributed by atoms with Gasteiger partial charge in [-0.15, -0.1) is 0 Å². The maximum atomic E-state index is 5.82. The summed E-state index contributed by atoms with van der Waals surface area (Å²) in [7, 11) is 0. The Bertz CT molecular complexity index is 233. The fraction of sp³-hybridized carbons (Fsp3) is 0.833. The second-order valence-corrected chi connectivity index (χ2v) is 5.26. The van der Waals surface area contributed by atoms with Gasteiger partial charge in [0.15, 0.2) is 0 Å². The van der Waals surface area contributed by atoms with Gasteiger partial charge in [-0.25, -0.2) is 0 Å². The molecule has 0 radical (unpaired) electrons. The molecule has 0 unspecified atom stereocenters. The quantitative estimate of drug-likeness (QED) is 0.746. The van der Waals surface area contributed by atoms with Gasteiger partial charge in [0.05, 0.1) is 6.10 Å². The second kappa shape index (κ2) is 6.01. The van der Waals surface area contributed by atoms with Gasteiger partial charge in [-0.3, -0.25) is 9.80 Å². The van der Waals surface area contributed by atoms with Gasteiger partial charge < -0.3 is 4.74 Å². The van der Waals surface area contributed by atoms with Gasteiger partial charge >= 0.3 is 0 Å². The van der Waals surface area contributed by atoms with Crippen LogP contribution in [0.1, 0.15) is 12.8 Å². The molecule has 0 saturated carbocycles. The summed E-state index contributed by atoms with van der Waals surface area (Å²) in [6, 6.07) is 0. The number of nitrogens with zero attached hydrogens (tertiary/aromatic N) is 2. The third-order valence-corrected chi connectivity index (χ3v) is 3.47. The van der Waals surface area contributed by atoms with E-state index in [9.17, 15) is 0 Å². The summed E-state index contributed by atoms with van der Waals surface area (Å²) in [4.78, 5) is 4.87. The van der Waals surface area contributed by atoms with E-state index in [0.717, 1.165) is 50.9 Å². The van der Waals surface area contributed by atoms with Crippen molar-refractivity contribution in [2.75, 3.05) is 45.9 Å². The molecule has 2 rings (SSSR count). The number of rotatable bonds is 4. The molecule has 0 spiro atoms. The van der Waals surface area contributed by atoms with E-state index < -0.39 is 0 Å². The Kier molecular flexibility index (Phi) is 4.65. The Hall–Kier alpha value is -0.0900. The number of hydrogen-bond acceptors (Lipinski definition) is 3. The molecular formula is C12H21ClN2O. The fourth-order valence-corrected chi connectivity index (χ4v) is 2.62. The van der Waals surface area contributed by atoms with Crippen molar-refractivity contribution in [3.63, 3.8) is 0 Å². The number of hydrogen-bond donors (Lipinski definition) is 0. The second-order valence-electron chi connectivity index (χ2n) is 4.73. The van der Waals surface area contributed by atoms with Crippen LogP contribution in [0.4, 0.5) is 0 Å². The highest BCUT2D eigenvalue weighted by Gasteiger charge is 2.22. The lowest BCUT2D eigenvalue weighted by molar-refractivity contribution is 0.0525. The van der Waals surface area contributed by atoms with E-state index in [1.807, 2.05) is 0 Å². The van der Waals surface area contributed by atoms with E-state index in [2.05, 4.69) is 16.4 Å². The molecule has 0 bridgehead atoms. The van der Waals surface area contributed by atoms with Gasteiger partial charge in [0.2, 0.25) is 0 Å². The van der Waals surface area contributed by atoms with Crippen LogP contribution in [0.15, 0.2) is 11.6 Å². The molecule has 92 valence electrons. The van der Waals surface area contributed by atoms with Crippen LogP contribution < -0.4 is 0 Å². The van der Waals surface area contributed by atoms with E-state index in [4.69, 9.17) is 16.3 Å². The minimum absolute atomic E-state index is 0.481. The Labute approximate surface area is 103 Å². The molecule has 2 heterocycles. The normalized spacial score (nSPS) is 28.4. The lowest BCUT2D eigenvalue weighted by Gasteiger charge is -2.35. The van der Waals surface area contributed by atoms with E-state index in [-0.39, 0.29) is 0 Å². The summed E-state index contributed by atoms with van der Waals surface area (Å²) in [5, 5.41) is 0.743. The van der Waals surface area contributed by atoms with Crippen molar-refractivity contribution in [3.8, 4) is 0 Å². The molecule has 0 aromatic carbocycles. The zero-order valence-electron chi connectivity index (χ0n) is 9.83. The van der Waals surface area contributed by atoms with E-state index >= 15 is 0 Å². The zero-order chi connectivity index (χ0) is 11.4. The molecule has 2 aliphatic rings. The van der Waals surface area contributed by atoms with Crippen LogP contribution in [-0.2, 0) is 4.74 Å². The zero-order valence-corrected chi connectivity index (χ0v) is 10.6. The van der Waals surface area contributed by atoms with Crippen LogP contribution >= 0.6 is 11.6 Å². The molecule has 0 aromatic rings. The summed E-state index contributed by atoms with van der Waals surface area (Å²) in [6.45, 7) is 11.1. The molecular weight excluding hydrogens is 224 g/mol. The molecule has 0 aromatic heterocycles. The number of piperazine rings is 1. The largest absolute Gasteiger partial charge is 0.377 e. The first kappa shape index (κ1) is 12.4. The van der Waals surface area contributed by atoms with Crippen molar-refractivity contribution >= 4 is 11.6 Å². The standard InChI is InChI=1S/C12H21ClN2O/c1-11(13)9-14-4-6-15(7-5-14)10-12-3-2-8-16-12/h12H,1-10H2/t12-/m0/s1. The summed E-state index contributed by atoms with van der Waals surface area (Å²) in [5.41, 5.74) is 0. The minimum Gasteiger partial charge on any atom is -0.377 e. The number of ether oxygens (including phenoxy) is 1. The maximum Gasteiger partial charge on any atom is 0.0702 e. The van der Waals surface area contributed by atoms with Gasteiger partial charge in [0, 0.05) is 50.9 Å². The first-order valence-electron chi connectivity index (χ1n) is 6.13. The van der Waals surface area contributed by atoms with E-state index in [1.54, 1.807) is 0 Å². The smallest absolute Gasteiger partial charge is 0.0702 e. The predicted octanol–water partition coefficient (Wildman–Crippen LogP) is 1.54. The maximum absolute atomic E-state index is 5.82. The van der Waals surface area contributed by atoms with Gasteiger partial charge in [-0.05, 0) is 12.8 Å². The first-order chi connectivity index (χ1) is 7.74. The van der Waals surface area contributed by atoms with Crippen LogP contribution in [0.2, 0.25) is 0 Å². The highest BCUT2D eigenvalue weighted by atomic mass is 35.5. The van der Waals surface area contributed by atoms with Crippen molar-refractivity contribution < 1.29 is 4.74 Å². The van der Waals surface area contributed by atoms with Crippen LogP contribution in [0.25, 0.3) is 0 Å². The molecule has 2 fully saturated rings. The first-order valence-corrected chi connectivity index (χ1v) is 6.51. The van der Waals surface area contributed by atoms with Crippen LogP contribution in [0, 0.1) is 0 Å². The predicted molar refractivity (Wildman–Crippen MR) is 66.8 cm³/mol. The average molecular weight is 245 g/mol. The van der Waals surface area contributed by atoms with Gasteiger partial charge in [-0.2, -0.15) is 0 Å². The average Bonchev–Trinajstić information content (AvgIpc) is 2.73. The van der Waals surface area contributed by atoms with Gasteiger partial charge in [0.1, 0.15) is 0 Å². The van der Waals surface area contributed by atoms with Crippen molar-refractivity contribution in [1.29, 1.82) is 0 Å². The lowest BCUT2D eigenvalue weighted by Crippen LogP contribution is -2.48. The SMILES string of the molecule is C=C(Cl)CN1CCN(C[C@@H]2CCCO2)CC1. The highest BCUT2D eigenvalue weighted by molar-refractivity contribution is 6.29. The monoisotopic (exact) mass is 244 g/mol. The third-order valence-electron chi connectivity index (χ3n) is 3.35. The van der Waals surface area contributed by atoms with Crippen molar-refractivity contribution in [2.24, 2.45) is 0 Å². The third kappa shape index (κ3) is 3.74. The van der Waals surface area contributed by atoms with Crippen LogP contribution in [0.5, 0.6) is 0 Å². The molecule has 3 nitrogen and oxygen atoms in total. The van der Waals surface area contributed by atoms with Crippen LogP contribution in [0.3, 0.4) is 0 Å². The molecule has 0 N–H and O–H groups in total. The summed E-state index contributed by atoms with van der Waals surface area (Å²) < 4.78 is 5.66. The van der Waals surface area contributed by atoms with Gasteiger partial charge in [-0.1, -0.05) is 18.2 Å². The lowest BCUT2D eigenvalue weighted by atomic mass is 10.2. The fourth-order valence-electron chi connectivity index (χ4n) is 2.45. The molecule has 2 saturated heterocycles. The summed E-state index contributed by atoms with van der Waals surface area (Å²) in [6.07, 6.45) is 2.95. The topological polar surface area (TPSA) is 15.7 Å². The Balaban J connectivity index is 1.66. The molecule has 2 aliphatic heterocycles. The van der Waals surface area contributed by atoms with E-state index in [1.165, 1.54) is 12.8 Å². The molecule has 1 atom stereocenters.